The minimum Gasteiger partial charge on any atom is -0.431 e. The first-order valence-electron chi connectivity index (χ1n) is 7.93. The van der Waals surface area contributed by atoms with E-state index in [1.54, 1.807) is 21.9 Å². The number of rotatable bonds is 2. The van der Waals surface area contributed by atoms with Gasteiger partial charge in [-0.1, -0.05) is 41.9 Å². The molecule has 3 aromatic carbocycles. The largest absolute Gasteiger partial charge is 0.431 e. The molecule has 0 spiro atoms. The molecular weight excluding hydrogens is 384 g/mol. The lowest BCUT2D eigenvalue weighted by molar-refractivity contribution is 0.550. The average Bonchev–Trinajstić information content (AvgIpc) is 2.63. The van der Waals surface area contributed by atoms with Crippen LogP contribution in [0.25, 0.3) is 10.8 Å². The molecule has 0 N–H and O–H groups in total. The predicted octanol–water partition coefficient (Wildman–Crippen LogP) is 5.51. The zero-order valence-electron chi connectivity index (χ0n) is 14.3. The van der Waals surface area contributed by atoms with Crippen LogP contribution in [0.15, 0.2) is 66.7 Å². The van der Waals surface area contributed by atoms with E-state index in [-0.39, 0.29) is 5.17 Å². The van der Waals surface area contributed by atoms with E-state index >= 15 is 0 Å². The van der Waals surface area contributed by atoms with Gasteiger partial charge in [0.1, 0.15) is 5.75 Å². The lowest BCUT2D eigenvalue weighted by atomic mass is 10.1. The normalized spacial score (nSPS) is 10.4. The standard InChI is InChI=1S/C20H17ClN2OS2/c1-22(2)19(25)23(17-10-8-16(21)9-11-17)20(26)24-18-12-7-14-5-3-4-6-15(14)13-18/h3-13H,1-2H3. The summed E-state index contributed by atoms with van der Waals surface area (Å²) in [4.78, 5) is 3.51. The molecule has 0 saturated carbocycles. The van der Waals surface area contributed by atoms with Gasteiger partial charge in [0.15, 0.2) is 5.11 Å². The smallest absolute Gasteiger partial charge is 0.275 e. The van der Waals surface area contributed by atoms with Crippen molar-refractivity contribution in [2.75, 3.05) is 19.0 Å². The first-order chi connectivity index (χ1) is 12.5. The summed E-state index contributed by atoms with van der Waals surface area (Å²) in [6.45, 7) is 0. The third-order valence-electron chi connectivity index (χ3n) is 3.77. The minimum atomic E-state index is 0.251. The molecular formula is C20H17ClN2OS2. The fourth-order valence-corrected chi connectivity index (χ4v) is 3.12. The van der Waals surface area contributed by atoms with Crippen LogP contribution in [0.5, 0.6) is 5.75 Å². The Labute approximate surface area is 168 Å². The van der Waals surface area contributed by atoms with E-state index in [4.69, 9.17) is 40.8 Å². The van der Waals surface area contributed by atoms with Gasteiger partial charge in [0.2, 0.25) is 0 Å². The summed E-state index contributed by atoms with van der Waals surface area (Å²) >= 11 is 17.1. The number of halogens is 1. The number of fused-ring (bicyclic) bond motifs is 1. The molecule has 6 heteroatoms. The average molecular weight is 401 g/mol. The van der Waals surface area contributed by atoms with Crippen molar-refractivity contribution >= 4 is 62.8 Å². The van der Waals surface area contributed by atoms with Crippen molar-refractivity contribution in [1.29, 1.82) is 0 Å². The van der Waals surface area contributed by atoms with Gasteiger partial charge in [-0.25, -0.2) is 4.90 Å². The fourth-order valence-electron chi connectivity index (χ4n) is 2.46. The van der Waals surface area contributed by atoms with Crippen molar-refractivity contribution in [1.82, 2.24) is 4.90 Å². The Kier molecular flexibility index (Phi) is 5.71. The van der Waals surface area contributed by atoms with E-state index in [1.807, 2.05) is 62.6 Å². The highest BCUT2D eigenvalue weighted by Crippen LogP contribution is 2.24. The van der Waals surface area contributed by atoms with Gasteiger partial charge in [-0.05, 0) is 71.6 Å². The van der Waals surface area contributed by atoms with Gasteiger partial charge in [-0.3, -0.25) is 0 Å². The topological polar surface area (TPSA) is 15.7 Å². The Morgan fingerprint density at radius 1 is 0.885 bits per heavy atom. The molecule has 0 saturated heterocycles. The molecule has 0 aliphatic carbocycles. The second-order valence-corrected chi connectivity index (χ2v) is 7.02. The molecule has 0 aliphatic rings. The fraction of sp³-hybridized carbons (Fsp3) is 0.100. The Bertz CT molecular complexity index is 957. The van der Waals surface area contributed by atoms with Gasteiger partial charge in [0.05, 0.1) is 5.69 Å². The maximum atomic E-state index is 6.00. The Morgan fingerprint density at radius 2 is 1.54 bits per heavy atom. The number of ether oxygens (including phenoxy) is 1. The molecule has 3 nitrogen and oxygen atoms in total. The molecule has 0 aromatic heterocycles. The quantitative estimate of drug-likeness (QED) is 0.525. The summed E-state index contributed by atoms with van der Waals surface area (Å²) in [5.74, 6) is 0.661. The molecule has 3 aromatic rings. The molecule has 0 fully saturated rings. The summed E-state index contributed by atoms with van der Waals surface area (Å²) in [6, 6.07) is 21.2. The Hall–Kier alpha value is -2.21. The van der Waals surface area contributed by atoms with Gasteiger partial charge in [-0.15, -0.1) is 0 Å². The highest BCUT2D eigenvalue weighted by Gasteiger charge is 2.21. The maximum Gasteiger partial charge on any atom is 0.275 e. The number of hydrogen-bond donors (Lipinski definition) is 0. The second kappa shape index (κ2) is 7.99. The molecule has 0 bridgehead atoms. The number of thiocarbonyl (C=S) groups is 2. The van der Waals surface area contributed by atoms with E-state index in [9.17, 15) is 0 Å². The van der Waals surface area contributed by atoms with Crippen LogP contribution in [-0.2, 0) is 0 Å². The van der Waals surface area contributed by atoms with E-state index in [2.05, 4.69) is 6.07 Å². The van der Waals surface area contributed by atoms with Crippen LogP contribution in [0.3, 0.4) is 0 Å². The van der Waals surface area contributed by atoms with Crippen molar-refractivity contribution in [3.8, 4) is 5.75 Å². The predicted molar refractivity (Wildman–Crippen MR) is 117 cm³/mol. The van der Waals surface area contributed by atoms with Crippen molar-refractivity contribution < 1.29 is 4.74 Å². The van der Waals surface area contributed by atoms with Gasteiger partial charge in [0.25, 0.3) is 5.17 Å². The molecule has 132 valence electrons. The van der Waals surface area contributed by atoms with Crippen LogP contribution in [0.2, 0.25) is 5.02 Å². The van der Waals surface area contributed by atoms with E-state index in [0.29, 0.717) is 15.9 Å². The van der Waals surface area contributed by atoms with Gasteiger partial charge >= 0.3 is 0 Å². The summed E-state index contributed by atoms with van der Waals surface area (Å²) in [7, 11) is 3.73. The summed E-state index contributed by atoms with van der Waals surface area (Å²) < 4.78 is 5.95. The third-order valence-corrected chi connectivity index (χ3v) is 4.83. The molecule has 26 heavy (non-hydrogen) atoms. The van der Waals surface area contributed by atoms with Gasteiger partial charge < -0.3 is 9.64 Å². The molecule has 0 radical (unpaired) electrons. The summed E-state index contributed by atoms with van der Waals surface area (Å²) in [5.41, 5.74) is 0.791. The first-order valence-corrected chi connectivity index (χ1v) is 9.13. The Morgan fingerprint density at radius 3 is 2.19 bits per heavy atom. The van der Waals surface area contributed by atoms with Crippen LogP contribution in [-0.4, -0.2) is 29.3 Å². The van der Waals surface area contributed by atoms with E-state index in [1.165, 1.54) is 0 Å². The number of hydrogen-bond acceptors (Lipinski definition) is 3. The molecule has 0 aliphatic heterocycles. The van der Waals surface area contributed by atoms with Crippen LogP contribution in [0.1, 0.15) is 0 Å². The minimum absolute atomic E-state index is 0.251. The van der Waals surface area contributed by atoms with Crippen LogP contribution >= 0.6 is 36.0 Å². The zero-order chi connectivity index (χ0) is 18.7. The lowest BCUT2D eigenvalue weighted by Gasteiger charge is -2.28. The number of nitrogens with zero attached hydrogens (tertiary/aromatic N) is 2. The van der Waals surface area contributed by atoms with Crippen molar-refractivity contribution in [2.45, 2.75) is 0 Å². The van der Waals surface area contributed by atoms with Crippen LogP contribution in [0.4, 0.5) is 5.69 Å². The van der Waals surface area contributed by atoms with E-state index in [0.717, 1.165) is 16.5 Å². The van der Waals surface area contributed by atoms with Crippen molar-refractivity contribution in [2.24, 2.45) is 0 Å². The molecule has 0 unspecified atom stereocenters. The number of benzene rings is 3. The molecule has 0 amide bonds. The number of anilines is 1. The van der Waals surface area contributed by atoms with Crippen LogP contribution in [0, 0.1) is 0 Å². The van der Waals surface area contributed by atoms with Gasteiger partial charge in [-0.2, -0.15) is 0 Å². The first kappa shape index (κ1) is 18.6. The van der Waals surface area contributed by atoms with Crippen molar-refractivity contribution in [3.05, 3.63) is 71.8 Å². The summed E-state index contributed by atoms with van der Waals surface area (Å²) in [5, 5.41) is 3.65. The summed E-state index contributed by atoms with van der Waals surface area (Å²) in [6.07, 6.45) is 0. The maximum absolute atomic E-state index is 6.00. The SMILES string of the molecule is CN(C)C(=S)N(C(=S)Oc1ccc2ccccc2c1)c1ccc(Cl)cc1. The Balaban J connectivity index is 1.91. The van der Waals surface area contributed by atoms with Gasteiger partial charge in [0, 0.05) is 19.1 Å². The monoisotopic (exact) mass is 400 g/mol. The zero-order valence-corrected chi connectivity index (χ0v) is 16.7. The highest BCUT2D eigenvalue weighted by atomic mass is 35.5. The molecule has 0 heterocycles. The third kappa shape index (κ3) is 4.12. The second-order valence-electron chi connectivity index (χ2n) is 5.87. The van der Waals surface area contributed by atoms with E-state index < -0.39 is 0 Å². The highest BCUT2D eigenvalue weighted by molar-refractivity contribution is 7.82. The lowest BCUT2D eigenvalue weighted by Crippen LogP contribution is -2.44. The van der Waals surface area contributed by atoms with Crippen molar-refractivity contribution in [3.63, 3.8) is 0 Å². The molecule has 0 atom stereocenters. The van der Waals surface area contributed by atoms with Crippen LogP contribution < -0.4 is 9.64 Å². The molecule has 3 rings (SSSR count).